The molecule has 0 saturated carbocycles. The highest BCUT2D eigenvalue weighted by Crippen LogP contribution is 2.23. The topological polar surface area (TPSA) is 86.8 Å². The van der Waals surface area contributed by atoms with Gasteiger partial charge in [-0.1, -0.05) is 36.7 Å². The molecular formula is C26H36ClN3O4S. The summed E-state index contributed by atoms with van der Waals surface area (Å²) in [6.45, 7) is 10.9. The monoisotopic (exact) mass is 521 g/mol. The number of hydrogen-bond donors (Lipinski definition) is 1. The van der Waals surface area contributed by atoms with Crippen LogP contribution in [0.4, 0.5) is 5.69 Å². The molecule has 2 aromatic rings. The van der Waals surface area contributed by atoms with Gasteiger partial charge in [0.25, 0.3) is 0 Å². The number of hydrogen-bond acceptors (Lipinski definition) is 4. The maximum Gasteiger partial charge on any atom is 0.244 e. The second-order valence-corrected chi connectivity index (χ2v) is 12.3. The summed E-state index contributed by atoms with van der Waals surface area (Å²) in [5.41, 5.74) is 2.47. The van der Waals surface area contributed by atoms with Crippen molar-refractivity contribution in [1.29, 1.82) is 0 Å². The molecule has 35 heavy (non-hydrogen) atoms. The molecule has 0 fully saturated rings. The van der Waals surface area contributed by atoms with Gasteiger partial charge in [0.1, 0.15) is 12.6 Å². The van der Waals surface area contributed by atoms with Gasteiger partial charge in [-0.2, -0.15) is 0 Å². The molecule has 0 aliphatic rings. The Morgan fingerprint density at radius 1 is 1.03 bits per heavy atom. The van der Waals surface area contributed by atoms with E-state index in [2.05, 4.69) is 5.32 Å². The molecule has 0 aliphatic heterocycles. The van der Waals surface area contributed by atoms with Crippen LogP contribution in [-0.4, -0.2) is 49.5 Å². The van der Waals surface area contributed by atoms with E-state index in [0.29, 0.717) is 17.1 Å². The summed E-state index contributed by atoms with van der Waals surface area (Å²) >= 11 is 6.02. The Morgan fingerprint density at radius 3 is 2.03 bits per heavy atom. The molecule has 1 N–H and O–H groups in total. The number of nitrogens with one attached hydrogen (secondary N) is 1. The smallest absolute Gasteiger partial charge is 0.244 e. The number of halogens is 1. The maximum atomic E-state index is 13.7. The summed E-state index contributed by atoms with van der Waals surface area (Å²) in [5.74, 6) is -0.764. The van der Waals surface area contributed by atoms with Crippen LogP contribution in [0.15, 0.2) is 42.5 Å². The average Bonchev–Trinajstić information content (AvgIpc) is 2.70. The normalized spacial score (nSPS) is 12.7. The second-order valence-electron chi connectivity index (χ2n) is 9.93. The molecule has 0 saturated heterocycles. The SMILES string of the molecule is CC[C@H](C(=O)NC(C)(C)C)N(Cc1ccc(Cl)cc1)C(=O)CN(c1cc(C)cc(C)c1)S(C)(=O)=O. The molecule has 0 radical (unpaired) electrons. The van der Waals surface area contributed by atoms with Crippen molar-refractivity contribution >= 4 is 39.1 Å². The van der Waals surface area contributed by atoms with E-state index < -0.39 is 34.1 Å². The summed E-state index contributed by atoms with van der Waals surface area (Å²) in [6.07, 6.45) is 1.44. The van der Waals surface area contributed by atoms with Crippen molar-refractivity contribution in [2.75, 3.05) is 17.1 Å². The first-order valence-electron chi connectivity index (χ1n) is 11.5. The van der Waals surface area contributed by atoms with E-state index in [1.807, 2.05) is 47.6 Å². The highest BCUT2D eigenvalue weighted by molar-refractivity contribution is 7.92. The zero-order valence-corrected chi connectivity index (χ0v) is 23.1. The van der Waals surface area contributed by atoms with Crippen LogP contribution in [0.5, 0.6) is 0 Å². The third-order valence-electron chi connectivity index (χ3n) is 5.32. The molecule has 0 heterocycles. The molecule has 192 valence electrons. The molecule has 0 unspecified atom stereocenters. The minimum absolute atomic E-state index is 0.135. The van der Waals surface area contributed by atoms with Crippen molar-refractivity contribution in [3.05, 3.63) is 64.2 Å². The van der Waals surface area contributed by atoms with E-state index in [9.17, 15) is 18.0 Å². The second kappa shape index (κ2) is 11.4. The van der Waals surface area contributed by atoms with Gasteiger partial charge in [0, 0.05) is 17.1 Å². The van der Waals surface area contributed by atoms with Crippen LogP contribution in [0.1, 0.15) is 50.8 Å². The summed E-state index contributed by atoms with van der Waals surface area (Å²) in [7, 11) is -3.77. The van der Waals surface area contributed by atoms with Gasteiger partial charge in [-0.05, 0) is 82.0 Å². The lowest BCUT2D eigenvalue weighted by Gasteiger charge is -2.34. The number of carbonyl (C=O) groups is 2. The van der Waals surface area contributed by atoms with Crippen LogP contribution >= 0.6 is 11.6 Å². The third-order valence-corrected chi connectivity index (χ3v) is 6.72. The summed E-state index contributed by atoms with van der Waals surface area (Å²) in [4.78, 5) is 28.3. The van der Waals surface area contributed by atoms with Crippen molar-refractivity contribution in [1.82, 2.24) is 10.2 Å². The maximum absolute atomic E-state index is 13.7. The predicted octanol–water partition coefficient (Wildman–Crippen LogP) is 4.44. The Bertz CT molecular complexity index is 1140. The molecule has 0 aromatic heterocycles. The largest absolute Gasteiger partial charge is 0.350 e. The molecule has 2 amide bonds. The van der Waals surface area contributed by atoms with E-state index in [1.54, 1.807) is 36.4 Å². The van der Waals surface area contributed by atoms with Crippen molar-refractivity contribution < 1.29 is 18.0 Å². The average molecular weight is 522 g/mol. The first-order chi connectivity index (χ1) is 16.1. The number of sulfonamides is 1. The van der Waals surface area contributed by atoms with Gasteiger partial charge in [0.05, 0.1) is 11.9 Å². The number of benzene rings is 2. The molecule has 2 rings (SSSR count). The minimum Gasteiger partial charge on any atom is -0.350 e. The Hall–Kier alpha value is -2.58. The zero-order chi connectivity index (χ0) is 26.6. The van der Waals surface area contributed by atoms with E-state index in [0.717, 1.165) is 27.3 Å². The van der Waals surface area contributed by atoms with Crippen molar-refractivity contribution in [3.63, 3.8) is 0 Å². The lowest BCUT2D eigenvalue weighted by Crippen LogP contribution is -2.55. The van der Waals surface area contributed by atoms with E-state index >= 15 is 0 Å². The van der Waals surface area contributed by atoms with Crippen LogP contribution in [0.25, 0.3) is 0 Å². The Balaban J connectivity index is 2.48. The number of aryl methyl sites for hydroxylation is 2. The highest BCUT2D eigenvalue weighted by Gasteiger charge is 2.33. The lowest BCUT2D eigenvalue weighted by molar-refractivity contribution is -0.141. The summed E-state index contributed by atoms with van der Waals surface area (Å²) < 4.78 is 26.6. The Morgan fingerprint density at radius 2 is 1.57 bits per heavy atom. The van der Waals surface area contributed by atoms with Gasteiger partial charge >= 0.3 is 0 Å². The minimum atomic E-state index is -3.77. The van der Waals surface area contributed by atoms with Gasteiger partial charge in [-0.25, -0.2) is 8.42 Å². The fourth-order valence-corrected chi connectivity index (χ4v) is 4.83. The van der Waals surface area contributed by atoms with E-state index in [4.69, 9.17) is 11.6 Å². The van der Waals surface area contributed by atoms with E-state index in [-0.39, 0.29) is 12.5 Å². The first kappa shape index (κ1) is 28.7. The number of rotatable bonds is 9. The highest BCUT2D eigenvalue weighted by atomic mass is 35.5. The van der Waals surface area contributed by atoms with E-state index in [1.165, 1.54) is 4.90 Å². The van der Waals surface area contributed by atoms with Gasteiger partial charge in [-0.3, -0.25) is 13.9 Å². The van der Waals surface area contributed by atoms with Crippen LogP contribution in [0.3, 0.4) is 0 Å². The van der Waals surface area contributed by atoms with Crippen LogP contribution in [0, 0.1) is 13.8 Å². The molecule has 0 spiro atoms. The Labute approximate surface area is 214 Å². The molecule has 0 bridgehead atoms. The Kier molecular flexibility index (Phi) is 9.36. The van der Waals surface area contributed by atoms with Crippen LogP contribution in [0.2, 0.25) is 5.02 Å². The van der Waals surface area contributed by atoms with Gasteiger partial charge in [0.15, 0.2) is 0 Å². The zero-order valence-electron chi connectivity index (χ0n) is 21.6. The quantitative estimate of drug-likeness (QED) is 0.528. The predicted molar refractivity (Wildman–Crippen MR) is 142 cm³/mol. The molecule has 1 atom stereocenters. The summed E-state index contributed by atoms with van der Waals surface area (Å²) in [5, 5.41) is 3.50. The van der Waals surface area contributed by atoms with Crippen molar-refractivity contribution in [3.8, 4) is 0 Å². The lowest BCUT2D eigenvalue weighted by atomic mass is 10.1. The first-order valence-corrected chi connectivity index (χ1v) is 13.8. The fourth-order valence-electron chi connectivity index (χ4n) is 3.87. The van der Waals surface area contributed by atoms with Crippen LogP contribution in [-0.2, 0) is 26.2 Å². The summed E-state index contributed by atoms with van der Waals surface area (Å²) in [6, 6.07) is 11.6. The molecule has 0 aliphatic carbocycles. The number of anilines is 1. The van der Waals surface area contributed by atoms with Crippen molar-refractivity contribution in [2.24, 2.45) is 0 Å². The van der Waals surface area contributed by atoms with Gasteiger partial charge in [-0.15, -0.1) is 0 Å². The standard InChI is InChI=1S/C26H36ClN3O4S/c1-8-23(25(32)28-26(4,5)6)29(16-20-9-11-21(27)12-10-20)24(31)17-30(35(7,33)34)22-14-18(2)13-19(3)15-22/h9-15,23H,8,16-17H2,1-7H3,(H,28,32)/t23-/m1/s1. The van der Waals surface area contributed by atoms with Gasteiger partial charge in [0.2, 0.25) is 21.8 Å². The molecular weight excluding hydrogens is 486 g/mol. The number of nitrogens with zero attached hydrogens (tertiary/aromatic N) is 2. The number of amides is 2. The fraction of sp³-hybridized carbons (Fsp3) is 0.462. The van der Waals surface area contributed by atoms with Crippen molar-refractivity contribution in [2.45, 2.75) is 66.1 Å². The van der Waals surface area contributed by atoms with Gasteiger partial charge < -0.3 is 10.2 Å². The molecule has 2 aromatic carbocycles. The third kappa shape index (κ3) is 8.54. The number of carbonyl (C=O) groups excluding carboxylic acids is 2. The molecule has 9 heteroatoms. The van der Waals surface area contributed by atoms with Crippen LogP contribution < -0.4 is 9.62 Å². The molecule has 7 nitrogen and oxygen atoms in total.